The summed E-state index contributed by atoms with van der Waals surface area (Å²) in [7, 11) is 1.94. The summed E-state index contributed by atoms with van der Waals surface area (Å²) in [5, 5.41) is 11.6. The van der Waals surface area contributed by atoms with Gasteiger partial charge in [0.2, 0.25) is 11.8 Å². The van der Waals surface area contributed by atoms with Crippen LogP contribution in [0.15, 0.2) is 18.2 Å². The molecule has 3 aliphatic heterocycles. The molecule has 0 spiro atoms. The molecule has 1 atom stereocenters. The number of hydrogen-bond donors (Lipinski definition) is 2. The molecule has 3 saturated heterocycles. The number of imide groups is 1. The topological polar surface area (TPSA) is 88.5 Å². The van der Waals surface area contributed by atoms with E-state index in [-0.39, 0.29) is 17.7 Å². The van der Waals surface area contributed by atoms with E-state index < -0.39 is 0 Å². The van der Waals surface area contributed by atoms with E-state index in [1.54, 1.807) is 0 Å². The lowest BCUT2D eigenvalue weighted by Crippen LogP contribution is -2.41. The molecule has 3 fully saturated rings. The van der Waals surface area contributed by atoms with E-state index in [1.807, 2.05) is 23.9 Å². The fourth-order valence-corrected chi connectivity index (χ4v) is 5.25. The van der Waals surface area contributed by atoms with Gasteiger partial charge in [0.05, 0.1) is 35.0 Å². The molecular formula is C23H31N5O3. The Hall–Kier alpha value is -2.45. The second kappa shape index (κ2) is 8.59. The minimum atomic E-state index is -0.374. The van der Waals surface area contributed by atoms with Crippen molar-refractivity contribution < 1.29 is 14.3 Å². The summed E-state index contributed by atoms with van der Waals surface area (Å²) in [6.07, 6.45) is 5.88. The van der Waals surface area contributed by atoms with Gasteiger partial charge in [0.25, 0.3) is 0 Å². The van der Waals surface area contributed by atoms with Crippen LogP contribution in [-0.4, -0.2) is 60.0 Å². The van der Waals surface area contributed by atoms with Gasteiger partial charge in [0.1, 0.15) is 0 Å². The van der Waals surface area contributed by atoms with Crippen LogP contribution in [0.4, 0.5) is 5.69 Å². The standard InChI is InChI=1S/C23H31N5O3/c1-27-22-17(21(26-27)18-5-6-20(29)25-23(18)30)3-2-4-19(22)28-13-9-16(10-14-28)31-15-7-11-24-12-8-15/h2-4,15-16,18,24H,5-14H2,1H3,(H,25,29,30). The van der Waals surface area contributed by atoms with Crippen LogP contribution in [-0.2, 0) is 21.4 Å². The molecule has 1 aromatic heterocycles. The van der Waals surface area contributed by atoms with Gasteiger partial charge < -0.3 is 15.0 Å². The summed E-state index contributed by atoms with van der Waals surface area (Å²) in [6.45, 7) is 4.02. The first-order chi connectivity index (χ1) is 15.1. The van der Waals surface area contributed by atoms with Gasteiger partial charge >= 0.3 is 0 Å². The van der Waals surface area contributed by atoms with Crippen LogP contribution in [0.1, 0.15) is 50.1 Å². The van der Waals surface area contributed by atoms with E-state index in [0.717, 1.165) is 74.1 Å². The first-order valence-electron chi connectivity index (χ1n) is 11.5. The van der Waals surface area contributed by atoms with Crippen molar-refractivity contribution in [3.05, 3.63) is 23.9 Å². The van der Waals surface area contributed by atoms with Gasteiger partial charge in [-0.2, -0.15) is 5.10 Å². The quantitative estimate of drug-likeness (QED) is 0.727. The van der Waals surface area contributed by atoms with Gasteiger partial charge in [-0.15, -0.1) is 0 Å². The number of aromatic nitrogens is 2. The van der Waals surface area contributed by atoms with Crippen molar-refractivity contribution in [3.8, 4) is 0 Å². The predicted octanol–water partition coefficient (Wildman–Crippen LogP) is 1.83. The van der Waals surface area contributed by atoms with Crippen LogP contribution in [0.3, 0.4) is 0 Å². The van der Waals surface area contributed by atoms with E-state index in [2.05, 4.69) is 21.6 Å². The number of piperidine rings is 3. The molecule has 2 N–H and O–H groups in total. The highest BCUT2D eigenvalue weighted by Gasteiger charge is 2.32. The number of hydrogen-bond acceptors (Lipinski definition) is 6. The Labute approximate surface area is 182 Å². The van der Waals surface area contributed by atoms with Gasteiger partial charge in [0.15, 0.2) is 0 Å². The van der Waals surface area contributed by atoms with Crippen molar-refractivity contribution in [1.29, 1.82) is 0 Å². The summed E-state index contributed by atoms with van der Waals surface area (Å²) in [5.74, 6) is -0.810. The third kappa shape index (κ3) is 4.06. The molecule has 0 bridgehead atoms. The van der Waals surface area contributed by atoms with Gasteiger partial charge in [-0.25, -0.2) is 0 Å². The number of fused-ring (bicyclic) bond motifs is 1. The lowest BCUT2D eigenvalue weighted by Gasteiger charge is -2.36. The summed E-state index contributed by atoms with van der Waals surface area (Å²) in [5.41, 5.74) is 2.99. The Morgan fingerprint density at radius 1 is 1.03 bits per heavy atom. The van der Waals surface area contributed by atoms with E-state index >= 15 is 0 Å². The van der Waals surface area contributed by atoms with Crippen LogP contribution >= 0.6 is 0 Å². The van der Waals surface area contributed by atoms with Gasteiger partial charge in [-0.1, -0.05) is 12.1 Å². The molecule has 1 aromatic carbocycles. The number of benzene rings is 1. The Morgan fingerprint density at radius 2 is 1.77 bits per heavy atom. The highest BCUT2D eigenvalue weighted by Crippen LogP contribution is 2.35. The smallest absolute Gasteiger partial charge is 0.235 e. The van der Waals surface area contributed by atoms with Crippen molar-refractivity contribution in [3.63, 3.8) is 0 Å². The second-order valence-corrected chi connectivity index (χ2v) is 8.96. The largest absolute Gasteiger partial charge is 0.375 e. The van der Waals surface area contributed by atoms with Crippen LogP contribution < -0.4 is 15.5 Å². The zero-order chi connectivity index (χ0) is 21.4. The molecule has 2 aromatic rings. The summed E-state index contributed by atoms with van der Waals surface area (Å²) in [4.78, 5) is 26.4. The maximum Gasteiger partial charge on any atom is 0.235 e. The Balaban J connectivity index is 1.33. The van der Waals surface area contributed by atoms with Gasteiger partial charge in [-0.3, -0.25) is 19.6 Å². The molecule has 2 amide bonds. The number of anilines is 1. The molecule has 4 heterocycles. The summed E-state index contributed by atoms with van der Waals surface area (Å²) < 4.78 is 8.27. The van der Waals surface area contributed by atoms with Crippen molar-refractivity contribution in [2.24, 2.45) is 7.05 Å². The number of nitrogens with one attached hydrogen (secondary N) is 2. The lowest BCUT2D eigenvalue weighted by molar-refractivity contribution is -0.134. The number of amides is 2. The number of para-hydroxylation sites is 1. The van der Waals surface area contributed by atoms with Crippen LogP contribution in [0.25, 0.3) is 10.9 Å². The van der Waals surface area contributed by atoms with Gasteiger partial charge in [0, 0.05) is 31.9 Å². The average molecular weight is 426 g/mol. The second-order valence-electron chi connectivity index (χ2n) is 8.96. The monoisotopic (exact) mass is 425 g/mol. The molecular weight excluding hydrogens is 394 g/mol. The van der Waals surface area contributed by atoms with Crippen molar-refractivity contribution in [1.82, 2.24) is 20.4 Å². The molecule has 8 nitrogen and oxygen atoms in total. The highest BCUT2D eigenvalue weighted by molar-refractivity contribution is 6.03. The fraction of sp³-hybridized carbons (Fsp3) is 0.609. The first kappa shape index (κ1) is 20.5. The third-order valence-corrected chi connectivity index (χ3v) is 6.90. The van der Waals surface area contributed by atoms with E-state index in [1.165, 1.54) is 0 Å². The Morgan fingerprint density at radius 3 is 2.52 bits per heavy atom. The number of rotatable bonds is 4. The zero-order valence-corrected chi connectivity index (χ0v) is 18.1. The van der Waals surface area contributed by atoms with Gasteiger partial charge in [-0.05, 0) is 51.3 Å². The van der Waals surface area contributed by atoms with Crippen molar-refractivity contribution in [2.45, 2.75) is 56.7 Å². The normalized spacial score (nSPS) is 24.0. The SMILES string of the molecule is Cn1nc(C2CCC(=O)NC2=O)c2cccc(N3CCC(OC4CCNCC4)CC3)c21. The fourth-order valence-electron chi connectivity index (χ4n) is 5.25. The third-order valence-electron chi connectivity index (χ3n) is 6.90. The number of ether oxygens (including phenoxy) is 1. The molecule has 3 aliphatic rings. The highest BCUT2D eigenvalue weighted by atomic mass is 16.5. The molecule has 31 heavy (non-hydrogen) atoms. The number of carbonyl (C=O) groups is 2. The zero-order valence-electron chi connectivity index (χ0n) is 18.1. The van der Waals surface area contributed by atoms with Crippen LogP contribution in [0.5, 0.6) is 0 Å². The molecule has 5 rings (SSSR count). The predicted molar refractivity (Wildman–Crippen MR) is 118 cm³/mol. The van der Waals surface area contributed by atoms with Crippen molar-refractivity contribution >= 4 is 28.4 Å². The Bertz CT molecular complexity index is 973. The summed E-state index contributed by atoms with van der Waals surface area (Å²) in [6, 6.07) is 6.23. The molecule has 1 unspecified atom stereocenters. The average Bonchev–Trinajstić information content (AvgIpc) is 3.12. The van der Waals surface area contributed by atoms with Crippen molar-refractivity contribution in [2.75, 3.05) is 31.1 Å². The minimum absolute atomic E-state index is 0.197. The number of nitrogens with zero attached hydrogens (tertiary/aromatic N) is 3. The minimum Gasteiger partial charge on any atom is -0.375 e. The molecule has 0 saturated carbocycles. The summed E-state index contributed by atoms with van der Waals surface area (Å²) >= 11 is 0. The lowest BCUT2D eigenvalue weighted by atomic mass is 9.92. The van der Waals surface area contributed by atoms with E-state index in [0.29, 0.717) is 25.0 Å². The maximum atomic E-state index is 12.4. The maximum absolute atomic E-state index is 12.4. The molecule has 166 valence electrons. The number of carbonyl (C=O) groups excluding carboxylic acids is 2. The van der Waals surface area contributed by atoms with Crippen LogP contribution in [0.2, 0.25) is 0 Å². The molecule has 0 radical (unpaired) electrons. The first-order valence-corrected chi connectivity index (χ1v) is 11.5. The van der Waals surface area contributed by atoms with E-state index in [9.17, 15) is 9.59 Å². The molecule has 8 heteroatoms. The van der Waals surface area contributed by atoms with Crippen LogP contribution in [0, 0.1) is 0 Å². The van der Waals surface area contributed by atoms with E-state index in [4.69, 9.17) is 9.84 Å². The number of aryl methyl sites for hydroxylation is 1. The Kier molecular flexibility index (Phi) is 5.67. The molecule has 0 aliphatic carbocycles.